The van der Waals surface area contributed by atoms with Crippen molar-refractivity contribution < 1.29 is 18.7 Å². The van der Waals surface area contributed by atoms with Crippen molar-refractivity contribution in [1.29, 1.82) is 0 Å². The van der Waals surface area contributed by atoms with E-state index in [2.05, 4.69) is 47.1 Å². The summed E-state index contributed by atoms with van der Waals surface area (Å²) in [5, 5.41) is 12.3. The number of benzene rings is 3. The summed E-state index contributed by atoms with van der Waals surface area (Å²) in [5.41, 5.74) is 5.10. The molecule has 0 saturated carbocycles. The normalized spacial score (nSPS) is 18.9. The van der Waals surface area contributed by atoms with Crippen LogP contribution in [0.25, 0.3) is 27.7 Å². The number of hydrogen-bond acceptors (Lipinski definition) is 9. The molecule has 1 atom stereocenters. The number of aromatic nitrogens is 5. The lowest BCUT2D eigenvalue weighted by Gasteiger charge is -2.44. The highest BCUT2D eigenvalue weighted by molar-refractivity contribution is 9.10. The predicted molar refractivity (Wildman–Crippen MR) is 203 cm³/mol. The Morgan fingerprint density at radius 2 is 1.60 bits per heavy atom. The van der Waals surface area contributed by atoms with Gasteiger partial charge in [0.05, 0.1) is 41.3 Å². The molecule has 3 aliphatic rings. The molecule has 0 radical (unpaired) electrons. The van der Waals surface area contributed by atoms with Crippen molar-refractivity contribution in [3.8, 4) is 22.8 Å². The maximum atomic E-state index is 15.8. The summed E-state index contributed by atoms with van der Waals surface area (Å²) in [6.07, 6.45) is 2.68. The van der Waals surface area contributed by atoms with Crippen molar-refractivity contribution in [2.75, 3.05) is 56.2 Å². The highest BCUT2D eigenvalue weighted by Crippen LogP contribution is 2.37. The van der Waals surface area contributed by atoms with Gasteiger partial charge in [-0.25, -0.2) is 18.4 Å². The number of para-hydroxylation sites is 1. The van der Waals surface area contributed by atoms with Gasteiger partial charge in [0, 0.05) is 75.7 Å². The number of amides is 2. The molecule has 1 unspecified atom stereocenters. The van der Waals surface area contributed by atoms with Crippen molar-refractivity contribution in [3.05, 3.63) is 81.1 Å². The van der Waals surface area contributed by atoms with Crippen molar-refractivity contribution in [2.24, 2.45) is 14.1 Å². The average Bonchev–Trinajstić information content (AvgIpc) is 3.66. The van der Waals surface area contributed by atoms with Gasteiger partial charge in [0.25, 0.3) is 0 Å². The molecule has 276 valence electrons. The van der Waals surface area contributed by atoms with Crippen LogP contribution >= 0.6 is 15.9 Å². The fourth-order valence-corrected chi connectivity index (χ4v) is 8.69. The Hall–Kier alpha value is -5.02. The number of imide groups is 1. The first-order valence-electron chi connectivity index (χ1n) is 17.9. The molecule has 0 aliphatic carbocycles. The number of anilines is 2. The van der Waals surface area contributed by atoms with Gasteiger partial charge < -0.3 is 14.5 Å². The SMILES string of the molecule is COc1nn(C)c(=O)n1-c1ccc(Br)c(-c2ccc(N3CCC(N4CCN(c5cccc6c(C7CCC(=O)NC7=O)nn(C)c56)CC4)CC3)c(F)c2)c1. The first-order chi connectivity index (χ1) is 25.6. The number of ether oxygens (including phenoxy) is 1. The molecule has 0 spiro atoms. The lowest BCUT2D eigenvalue weighted by Crippen LogP contribution is -2.53. The summed E-state index contributed by atoms with van der Waals surface area (Å²) < 4.78 is 26.4. The van der Waals surface area contributed by atoms with Crippen LogP contribution in [0.1, 0.15) is 37.3 Å². The van der Waals surface area contributed by atoms with Crippen LogP contribution in [0, 0.1) is 5.82 Å². The van der Waals surface area contributed by atoms with Gasteiger partial charge in [0.15, 0.2) is 0 Å². The van der Waals surface area contributed by atoms with E-state index in [4.69, 9.17) is 9.84 Å². The van der Waals surface area contributed by atoms with E-state index in [-0.39, 0.29) is 29.3 Å². The molecule has 53 heavy (non-hydrogen) atoms. The minimum absolute atomic E-state index is 0.169. The van der Waals surface area contributed by atoms with Crippen LogP contribution in [-0.4, -0.2) is 93.3 Å². The van der Waals surface area contributed by atoms with Crippen LogP contribution in [0.2, 0.25) is 0 Å². The molecule has 1 N–H and O–H groups in total. The van der Waals surface area contributed by atoms with Gasteiger partial charge in [-0.05, 0) is 66.8 Å². The minimum atomic E-state index is -0.434. The number of methoxy groups -OCH3 is 1. The van der Waals surface area contributed by atoms with E-state index in [1.807, 2.05) is 48.1 Å². The lowest BCUT2D eigenvalue weighted by molar-refractivity contribution is -0.134. The first-order valence-corrected chi connectivity index (χ1v) is 18.7. The van der Waals surface area contributed by atoms with Crippen LogP contribution in [0.3, 0.4) is 0 Å². The van der Waals surface area contributed by atoms with Gasteiger partial charge in [-0.15, -0.1) is 5.10 Å². The zero-order valence-corrected chi connectivity index (χ0v) is 31.5. The number of fused-ring (bicyclic) bond motifs is 1. The molecule has 8 rings (SSSR count). The summed E-state index contributed by atoms with van der Waals surface area (Å²) >= 11 is 3.61. The second kappa shape index (κ2) is 14.1. The van der Waals surface area contributed by atoms with Gasteiger partial charge in [-0.1, -0.05) is 34.1 Å². The largest absolute Gasteiger partial charge is 0.467 e. The second-order valence-corrected chi connectivity index (χ2v) is 14.8. The van der Waals surface area contributed by atoms with E-state index in [0.29, 0.717) is 35.8 Å². The van der Waals surface area contributed by atoms with E-state index >= 15 is 4.39 Å². The predicted octanol–water partition coefficient (Wildman–Crippen LogP) is 4.35. The van der Waals surface area contributed by atoms with Crippen molar-refractivity contribution in [1.82, 2.24) is 34.3 Å². The van der Waals surface area contributed by atoms with E-state index in [1.165, 1.54) is 16.4 Å². The summed E-state index contributed by atoms with van der Waals surface area (Å²) in [7, 11) is 4.94. The second-order valence-electron chi connectivity index (χ2n) is 14.0. The zero-order valence-electron chi connectivity index (χ0n) is 29.9. The van der Waals surface area contributed by atoms with Crippen LogP contribution in [0.5, 0.6) is 6.01 Å². The summed E-state index contributed by atoms with van der Waals surface area (Å²) in [4.78, 5) is 44.3. The van der Waals surface area contributed by atoms with Gasteiger partial charge >= 0.3 is 11.7 Å². The Kier molecular flexibility index (Phi) is 9.31. The summed E-state index contributed by atoms with van der Waals surface area (Å²) in [6.45, 7) is 5.11. The Morgan fingerprint density at radius 1 is 0.849 bits per heavy atom. The highest BCUT2D eigenvalue weighted by atomic mass is 79.9. The molecule has 5 aromatic rings. The van der Waals surface area contributed by atoms with E-state index in [1.54, 1.807) is 19.2 Å². The Morgan fingerprint density at radius 3 is 2.32 bits per heavy atom. The minimum Gasteiger partial charge on any atom is -0.467 e. The van der Waals surface area contributed by atoms with Crippen LogP contribution in [0.4, 0.5) is 15.8 Å². The number of aryl methyl sites for hydroxylation is 2. The number of rotatable bonds is 7. The highest BCUT2D eigenvalue weighted by Gasteiger charge is 2.33. The number of halogens is 2. The van der Waals surface area contributed by atoms with Gasteiger partial charge in [0.2, 0.25) is 11.8 Å². The summed E-state index contributed by atoms with van der Waals surface area (Å²) in [6, 6.07) is 17.5. The topological polar surface area (TPSA) is 123 Å². The molecule has 15 heteroatoms. The fraction of sp³-hybridized carbons (Fsp3) is 0.395. The van der Waals surface area contributed by atoms with Crippen LogP contribution < -0.4 is 25.5 Å². The van der Waals surface area contributed by atoms with Gasteiger partial charge in [0.1, 0.15) is 5.82 Å². The number of piperazine rings is 1. The fourth-order valence-electron chi connectivity index (χ4n) is 8.21. The number of nitrogens with zero attached hydrogens (tertiary/aromatic N) is 8. The van der Waals surface area contributed by atoms with Crippen LogP contribution in [0.15, 0.2) is 63.9 Å². The Balaban J connectivity index is 0.913. The van der Waals surface area contributed by atoms with E-state index in [9.17, 15) is 14.4 Å². The zero-order chi connectivity index (χ0) is 37.0. The number of nitrogens with one attached hydrogen (secondary N) is 1. The maximum absolute atomic E-state index is 15.8. The quantitative estimate of drug-likeness (QED) is 0.240. The third kappa shape index (κ3) is 6.39. The van der Waals surface area contributed by atoms with Crippen molar-refractivity contribution >= 4 is 50.0 Å². The third-order valence-corrected chi connectivity index (χ3v) is 11.7. The molecular formula is C38H41BrFN9O4. The van der Waals surface area contributed by atoms with Crippen molar-refractivity contribution in [2.45, 2.75) is 37.6 Å². The molecule has 3 aromatic carbocycles. The molecule has 3 saturated heterocycles. The maximum Gasteiger partial charge on any atom is 0.353 e. The molecule has 2 amide bonds. The molecular weight excluding hydrogens is 745 g/mol. The average molecular weight is 787 g/mol. The standard InChI is InChI=1S/C38H41BrFN9O4/c1-44-35-26(34(42-44)27-9-12-33(50)41-36(27)51)5-4-6-32(35)48-19-17-46(18-20-48)24-13-15-47(16-14-24)31-11-7-23(21-30(31)40)28-22-25(8-10-29(28)39)49-37(53-3)43-45(2)38(49)52/h4-8,10-11,21-22,24,27H,9,12-20H2,1-3H3,(H,41,50,51). The number of hydrogen-bond donors (Lipinski definition) is 1. The molecule has 5 heterocycles. The van der Waals surface area contributed by atoms with Crippen molar-refractivity contribution in [3.63, 3.8) is 0 Å². The molecule has 13 nitrogen and oxygen atoms in total. The number of carbonyl (C=O) groups is 2. The third-order valence-electron chi connectivity index (χ3n) is 11.0. The molecule has 0 bridgehead atoms. The number of carbonyl (C=O) groups excluding carboxylic acids is 2. The summed E-state index contributed by atoms with van der Waals surface area (Å²) in [5.74, 6) is -1.22. The first kappa shape index (κ1) is 35.0. The molecule has 3 aliphatic heterocycles. The van der Waals surface area contributed by atoms with Gasteiger partial charge in [-0.3, -0.25) is 24.5 Å². The van der Waals surface area contributed by atoms with E-state index in [0.717, 1.165) is 84.4 Å². The van der Waals surface area contributed by atoms with Crippen LogP contribution in [-0.2, 0) is 23.7 Å². The van der Waals surface area contributed by atoms with Gasteiger partial charge in [-0.2, -0.15) is 5.10 Å². The smallest absolute Gasteiger partial charge is 0.353 e. The van der Waals surface area contributed by atoms with E-state index < -0.39 is 5.92 Å². The Bertz CT molecular complexity index is 2280. The molecule has 2 aromatic heterocycles. The monoisotopic (exact) mass is 785 g/mol. The Labute approximate surface area is 314 Å². The molecule has 3 fully saturated rings. The lowest BCUT2D eigenvalue weighted by atomic mass is 9.92. The number of piperidine rings is 2.